The quantitative estimate of drug-likeness (QED) is 0.787. The van der Waals surface area contributed by atoms with E-state index in [1.165, 1.54) is 12.3 Å². The van der Waals surface area contributed by atoms with Crippen molar-refractivity contribution >= 4 is 5.97 Å². The first kappa shape index (κ1) is 11.8. The second-order valence-electron chi connectivity index (χ2n) is 3.47. The minimum atomic E-state index is -0.981. The molecule has 0 aliphatic carbocycles. The molecule has 84 valence electrons. The maximum atomic E-state index is 10.7. The summed E-state index contributed by atoms with van der Waals surface area (Å²) in [6.07, 6.45) is 3.50. The van der Waals surface area contributed by atoms with Crippen molar-refractivity contribution < 1.29 is 19.1 Å². The van der Waals surface area contributed by atoms with E-state index in [0.717, 1.165) is 12.8 Å². The molecule has 1 rings (SSSR count). The number of hydrogen-bond donors (Lipinski definition) is 1. The zero-order valence-electron chi connectivity index (χ0n) is 9.03. The highest BCUT2D eigenvalue weighted by Crippen LogP contribution is 2.13. The van der Waals surface area contributed by atoms with Gasteiger partial charge in [-0.1, -0.05) is 13.3 Å². The highest BCUT2D eigenvalue weighted by molar-refractivity contribution is 5.88. The predicted molar refractivity (Wildman–Crippen MR) is 54.8 cm³/mol. The lowest BCUT2D eigenvalue weighted by atomic mass is 10.2. The standard InChI is InChI=1S/C11H16O4/c1-3-4-8(2)15-7-10-9(11(12)13)5-6-14-10/h5-6,8H,3-4,7H2,1-2H3,(H,12,13). The molecular weight excluding hydrogens is 196 g/mol. The van der Waals surface area contributed by atoms with Gasteiger partial charge in [0.25, 0.3) is 0 Å². The van der Waals surface area contributed by atoms with Crippen LogP contribution in [0.15, 0.2) is 16.7 Å². The Balaban J connectivity index is 2.50. The van der Waals surface area contributed by atoms with Gasteiger partial charge in [-0.05, 0) is 19.4 Å². The zero-order chi connectivity index (χ0) is 11.3. The first-order chi connectivity index (χ1) is 7.15. The lowest BCUT2D eigenvalue weighted by molar-refractivity contribution is 0.0356. The topological polar surface area (TPSA) is 59.7 Å². The molecule has 15 heavy (non-hydrogen) atoms. The summed E-state index contributed by atoms with van der Waals surface area (Å²) in [6, 6.07) is 1.44. The molecule has 0 saturated heterocycles. The fourth-order valence-electron chi connectivity index (χ4n) is 1.35. The van der Waals surface area contributed by atoms with Gasteiger partial charge in [-0.15, -0.1) is 0 Å². The predicted octanol–water partition coefficient (Wildman–Crippen LogP) is 2.68. The fraction of sp³-hybridized carbons (Fsp3) is 0.545. The van der Waals surface area contributed by atoms with Crippen LogP contribution in [0.4, 0.5) is 0 Å². The summed E-state index contributed by atoms with van der Waals surface area (Å²) in [5.41, 5.74) is 0.179. The van der Waals surface area contributed by atoms with Gasteiger partial charge in [-0.2, -0.15) is 0 Å². The van der Waals surface area contributed by atoms with E-state index in [4.69, 9.17) is 14.3 Å². The van der Waals surface area contributed by atoms with Crippen molar-refractivity contribution in [3.05, 3.63) is 23.7 Å². The average molecular weight is 212 g/mol. The molecule has 0 aliphatic heterocycles. The molecule has 1 aromatic heterocycles. The van der Waals surface area contributed by atoms with Crippen LogP contribution >= 0.6 is 0 Å². The van der Waals surface area contributed by atoms with Crippen molar-refractivity contribution in [2.45, 2.75) is 39.4 Å². The summed E-state index contributed by atoms with van der Waals surface area (Å²) in [5.74, 6) is -0.601. The van der Waals surface area contributed by atoms with E-state index in [0.29, 0.717) is 5.76 Å². The largest absolute Gasteiger partial charge is 0.478 e. The monoisotopic (exact) mass is 212 g/mol. The summed E-state index contributed by atoms with van der Waals surface area (Å²) < 4.78 is 10.5. The molecule has 4 nitrogen and oxygen atoms in total. The van der Waals surface area contributed by atoms with Gasteiger partial charge in [0.05, 0.1) is 12.4 Å². The Kier molecular flexibility index (Phi) is 4.37. The SMILES string of the molecule is CCCC(C)OCc1occc1C(=O)O. The third-order valence-corrected chi connectivity index (χ3v) is 2.17. The molecule has 0 amide bonds. The van der Waals surface area contributed by atoms with E-state index in [1.54, 1.807) is 0 Å². The highest BCUT2D eigenvalue weighted by atomic mass is 16.5. The van der Waals surface area contributed by atoms with Crippen LogP contribution in [0.2, 0.25) is 0 Å². The number of carboxylic acid groups (broad SMARTS) is 1. The first-order valence-electron chi connectivity index (χ1n) is 5.06. The van der Waals surface area contributed by atoms with E-state index >= 15 is 0 Å². The fourth-order valence-corrected chi connectivity index (χ4v) is 1.35. The molecule has 0 fully saturated rings. The first-order valence-corrected chi connectivity index (χ1v) is 5.06. The van der Waals surface area contributed by atoms with Crippen LogP contribution in [0.3, 0.4) is 0 Å². The summed E-state index contributed by atoms with van der Waals surface area (Å²) >= 11 is 0. The molecule has 0 spiro atoms. The molecule has 0 radical (unpaired) electrons. The Hall–Kier alpha value is -1.29. The van der Waals surface area contributed by atoms with E-state index in [1.807, 2.05) is 6.92 Å². The maximum absolute atomic E-state index is 10.7. The van der Waals surface area contributed by atoms with Crippen molar-refractivity contribution in [1.82, 2.24) is 0 Å². The van der Waals surface area contributed by atoms with Gasteiger partial charge in [-0.25, -0.2) is 4.79 Å². The molecule has 0 saturated carbocycles. The van der Waals surface area contributed by atoms with Crippen LogP contribution in [-0.4, -0.2) is 17.2 Å². The van der Waals surface area contributed by atoms with Gasteiger partial charge < -0.3 is 14.3 Å². The number of ether oxygens (including phenoxy) is 1. The zero-order valence-corrected chi connectivity index (χ0v) is 9.03. The van der Waals surface area contributed by atoms with Gasteiger partial charge in [0.1, 0.15) is 17.9 Å². The third kappa shape index (κ3) is 3.40. The van der Waals surface area contributed by atoms with Gasteiger partial charge >= 0.3 is 5.97 Å². The van der Waals surface area contributed by atoms with Crippen molar-refractivity contribution in [2.24, 2.45) is 0 Å². The molecule has 1 N–H and O–H groups in total. The molecule has 1 heterocycles. The second kappa shape index (κ2) is 5.56. The number of hydrogen-bond acceptors (Lipinski definition) is 3. The summed E-state index contributed by atoms with van der Waals surface area (Å²) in [4.78, 5) is 10.7. The van der Waals surface area contributed by atoms with Crippen LogP contribution in [0, 0.1) is 0 Å². The smallest absolute Gasteiger partial charge is 0.339 e. The average Bonchev–Trinajstić information content (AvgIpc) is 2.63. The van der Waals surface area contributed by atoms with Crippen LogP contribution in [0.1, 0.15) is 42.8 Å². The van der Waals surface area contributed by atoms with Gasteiger partial charge in [0, 0.05) is 0 Å². The Morgan fingerprint density at radius 1 is 1.67 bits per heavy atom. The Labute approximate surface area is 88.8 Å². The Morgan fingerprint density at radius 2 is 2.40 bits per heavy atom. The lowest BCUT2D eigenvalue weighted by Gasteiger charge is -2.10. The molecule has 0 aliphatic rings. The van der Waals surface area contributed by atoms with Crippen LogP contribution in [0.25, 0.3) is 0 Å². The minimum Gasteiger partial charge on any atom is -0.478 e. The molecule has 1 unspecified atom stereocenters. The summed E-state index contributed by atoms with van der Waals surface area (Å²) in [5, 5.41) is 8.81. The van der Waals surface area contributed by atoms with E-state index in [2.05, 4.69) is 6.92 Å². The molecule has 0 aromatic carbocycles. The number of aromatic carboxylic acids is 1. The molecule has 1 atom stereocenters. The second-order valence-corrected chi connectivity index (χ2v) is 3.47. The number of rotatable bonds is 6. The Bertz CT molecular complexity index is 316. The Morgan fingerprint density at radius 3 is 3.00 bits per heavy atom. The molecule has 0 bridgehead atoms. The van der Waals surface area contributed by atoms with Gasteiger partial charge in [0.15, 0.2) is 0 Å². The van der Waals surface area contributed by atoms with Crippen molar-refractivity contribution in [3.63, 3.8) is 0 Å². The summed E-state index contributed by atoms with van der Waals surface area (Å²) in [6.45, 7) is 4.26. The van der Waals surface area contributed by atoms with Crippen molar-refractivity contribution in [2.75, 3.05) is 0 Å². The van der Waals surface area contributed by atoms with Crippen LogP contribution in [-0.2, 0) is 11.3 Å². The maximum Gasteiger partial charge on any atom is 0.339 e. The van der Waals surface area contributed by atoms with Crippen molar-refractivity contribution in [1.29, 1.82) is 0 Å². The third-order valence-electron chi connectivity index (χ3n) is 2.17. The minimum absolute atomic E-state index is 0.127. The van der Waals surface area contributed by atoms with E-state index in [9.17, 15) is 4.79 Å². The van der Waals surface area contributed by atoms with E-state index < -0.39 is 5.97 Å². The lowest BCUT2D eigenvalue weighted by Crippen LogP contribution is -2.09. The molecule has 4 heteroatoms. The van der Waals surface area contributed by atoms with Crippen molar-refractivity contribution in [3.8, 4) is 0 Å². The number of carboxylic acids is 1. The number of furan rings is 1. The van der Waals surface area contributed by atoms with E-state index in [-0.39, 0.29) is 18.3 Å². The van der Waals surface area contributed by atoms with Gasteiger partial charge in [0.2, 0.25) is 0 Å². The normalized spacial score (nSPS) is 12.7. The number of carbonyl (C=O) groups is 1. The molecular formula is C11H16O4. The highest BCUT2D eigenvalue weighted by Gasteiger charge is 2.14. The van der Waals surface area contributed by atoms with Gasteiger partial charge in [-0.3, -0.25) is 0 Å². The summed E-state index contributed by atoms with van der Waals surface area (Å²) in [7, 11) is 0. The van der Waals surface area contributed by atoms with Crippen LogP contribution < -0.4 is 0 Å². The molecule has 1 aromatic rings. The van der Waals surface area contributed by atoms with Crippen LogP contribution in [0.5, 0.6) is 0 Å².